The third-order valence-electron chi connectivity index (χ3n) is 5.67. The highest BCUT2D eigenvalue weighted by Gasteiger charge is 2.27. The summed E-state index contributed by atoms with van der Waals surface area (Å²) in [6.45, 7) is 4.59. The molecule has 2 aromatic carbocycles. The number of nitrogens with zero attached hydrogens (tertiary/aromatic N) is 4. The number of methoxy groups -OCH3 is 2. The molecule has 1 aliphatic heterocycles. The van der Waals surface area contributed by atoms with Gasteiger partial charge in [-0.25, -0.2) is 4.63 Å². The van der Waals surface area contributed by atoms with Crippen molar-refractivity contribution < 1.29 is 19.2 Å². The monoisotopic (exact) mass is 412 g/mol. The van der Waals surface area contributed by atoms with Gasteiger partial charge in [0.15, 0.2) is 0 Å². The van der Waals surface area contributed by atoms with Crippen molar-refractivity contribution in [1.82, 2.24) is 20.1 Å². The number of aliphatic hydroxyl groups is 1. The van der Waals surface area contributed by atoms with Gasteiger partial charge in [0.25, 0.3) is 0 Å². The smallest absolute Gasteiger partial charge is 0.135 e. The molecule has 8 heteroatoms. The van der Waals surface area contributed by atoms with Gasteiger partial charge in [-0.3, -0.25) is 9.80 Å². The molecule has 1 aromatic heterocycles. The van der Waals surface area contributed by atoms with Gasteiger partial charge in [-0.05, 0) is 52.1 Å². The van der Waals surface area contributed by atoms with Crippen molar-refractivity contribution in [3.05, 3.63) is 47.5 Å². The van der Waals surface area contributed by atoms with Crippen molar-refractivity contribution in [3.63, 3.8) is 0 Å². The predicted octanol–water partition coefficient (Wildman–Crippen LogP) is 2.31. The molecule has 30 heavy (non-hydrogen) atoms. The van der Waals surface area contributed by atoms with Crippen LogP contribution in [0.3, 0.4) is 0 Å². The molecule has 3 aromatic rings. The van der Waals surface area contributed by atoms with Crippen LogP contribution in [0, 0.1) is 0 Å². The second kappa shape index (κ2) is 9.42. The molecular formula is C22H28N4O4. The highest BCUT2D eigenvalue weighted by atomic mass is 16.6. The van der Waals surface area contributed by atoms with Crippen molar-refractivity contribution in [3.8, 4) is 11.5 Å². The number of benzene rings is 2. The molecule has 1 fully saturated rings. The fourth-order valence-corrected chi connectivity index (χ4v) is 4.11. The number of aromatic nitrogens is 2. The number of hydrogen-bond acceptors (Lipinski definition) is 8. The first-order valence-corrected chi connectivity index (χ1v) is 10.2. The third kappa shape index (κ3) is 4.72. The number of ether oxygens (including phenoxy) is 2. The average Bonchev–Trinajstić information content (AvgIpc) is 3.23. The predicted molar refractivity (Wildman–Crippen MR) is 113 cm³/mol. The van der Waals surface area contributed by atoms with Crippen LogP contribution in [0.15, 0.2) is 41.0 Å². The van der Waals surface area contributed by atoms with Crippen molar-refractivity contribution in [2.75, 3.05) is 40.5 Å². The molecule has 0 radical (unpaired) electrons. The fourth-order valence-electron chi connectivity index (χ4n) is 4.11. The van der Waals surface area contributed by atoms with Crippen LogP contribution in [-0.4, -0.2) is 71.7 Å². The Morgan fingerprint density at radius 2 is 1.73 bits per heavy atom. The van der Waals surface area contributed by atoms with Gasteiger partial charge >= 0.3 is 0 Å². The molecule has 0 aliphatic carbocycles. The Morgan fingerprint density at radius 1 is 0.967 bits per heavy atom. The Balaban J connectivity index is 1.44. The maximum atomic E-state index is 9.63. The lowest BCUT2D eigenvalue weighted by Gasteiger charge is -2.41. The van der Waals surface area contributed by atoms with Crippen LogP contribution in [0.1, 0.15) is 17.5 Å². The van der Waals surface area contributed by atoms with Gasteiger partial charge in [0.2, 0.25) is 0 Å². The summed E-state index contributed by atoms with van der Waals surface area (Å²) in [5, 5.41) is 17.4. The first kappa shape index (κ1) is 20.6. The molecular weight excluding hydrogens is 384 g/mol. The Kier molecular flexibility index (Phi) is 6.47. The zero-order valence-corrected chi connectivity index (χ0v) is 17.5. The van der Waals surface area contributed by atoms with Crippen LogP contribution < -0.4 is 9.47 Å². The molecule has 1 saturated heterocycles. The summed E-state index contributed by atoms with van der Waals surface area (Å²) in [5.41, 5.74) is 3.89. The second-order valence-corrected chi connectivity index (χ2v) is 7.68. The summed E-state index contributed by atoms with van der Waals surface area (Å²) in [6.07, 6.45) is 0.740. The fraction of sp³-hybridized carbons (Fsp3) is 0.455. The highest BCUT2D eigenvalue weighted by molar-refractivity contribution is 5.73. The van der Waals surface area contributed by atoms with Gasteiger partial charge in [-0.2, -0.15) is 0 Å². The molecule has 8 nitrogen and oxygen atoms in total. The van der Waals surface area contributed by atoms with Crippen LogP contribution in [-0.2, 0) is 13.1 Å². The lowest BCUT2D eigenvalue weighted by molar-refractivity contribution is 0.0499. The van der Waals surface area contributed by atoms with Crippen molar-refractivity contribution in [1.29, 1.82) is 0 Å². The van der Waals surface area contributed by atoms with Crippen LogP contribution in [0.2, 0.25) is 0 Å². The van der Waals surface area contributed by atoms with Gasteiger partial charge in [-0.15, -0.1) is 0 Å². The number of hydrogen-bond donors (Lipinski definition) is 1. The van der Waals surface area contributed by atoms with E-state index in [1.54, 1.807) is 14.2 Å². The molecule has 0 bridgehead atoms. The molecule has 1 N–H and O–H groups in total. The lowest BCUT2D eigenvalue weighted by atomic mass is 10.1. The molecule has 0 amide bonds. The maximum absolute atomic E-state index is 9.63. The van der Waals surface area contributed by atoms with Gasteiger partial charge in [0, 0.05) is 51.4 Å². The van der Waals surface area contributed by atoms with E-state index in [0.717, 1.165) is 67.2 Å². The summed E-state index contributed by atoms with van der Waals surface area (Å²) in [4.78, 5) is 4.86. The van der Waals surface area contributed by atoms with E-state index in [0.29, 0.717) is 0 Å². The minimum absolute atomic E-state index is 0.174. The number of aliphatic hydroxyl groups excluding tert-OH is 1. The second-order valence-electron chi connectivity index (χ2n) is 7.68. The van der Waals surface area contributed by atoms with Crippen LogP contribution in [0.25, 0.3) is 11.0 Å². The average molecular weight is 412 g/mol. The van der Waals surface area contributed by atoms with E-state index in [9.17, 15) is 5.11 Å². The molecule has 1 atom stereocenters. The quantitative estimate of drug-likeness (QED) is 0.603. The molecule has 1 aliphatic rings. The Hall–Kier alpha value is -2.68. The summed E-state index contributed by atoms with van der Waals surface area (Å²) < 4.78 is 15.6. The Bertz CT molecular complexity index is 954. The van der Waals surface area contributed by atoms with E-state index in [1.165, 1.54) is 5.56 Å². The topological polar surface area (TPSA) is 84.1 Å². The van der Waals surface area contributed by atoms with E-state index in [1.807, 2.05) is 30.3 Å². The van der Waals surface area contributed by atoms with Crippen LogP contribution >= 0.6 is 0 Å². The molecule has 160 valence electrons. The SMILES string of the molecule is COc1cc(CN2CCN(Cc3ccc4nonc4c3)C[C@@H]2CCO)cc(OC)c1. The maximum Gasteiger partial charge on any atom is 0.135 e. The normalized spacial score (nSPS) is 18.0. The molecule has 0 saturated carbocycles. The van der Waals surface area contributed by atoms with E-state index < -0.39 is 0 Å². The number of rotatable bonds is 8. The molecule has 2 heterocycles. The van der Waals surface area contributed by atoms with Crippen molar-refractivity contribution in [2.45, 2.75) is 25.6 Å². The summed E-state index contributed by atoms with van der Waals surface area (Å²) in [5.74, 6) is 1.58. The standard InChI is InChI=1S/C22H28N4O4/c1-28-19-9-17(10-20(12-19)29-2)14-26-7-6-25(15-18(26)5-8-27)13-16-3-4-21-22(11-16)24-30-23-21/h3-4,9-12,18,27H,5-8,13-15H2,1-2H3/t18-/m0/s1. The minimum atomic E-state index is 0.174. The van der Waals surface area contributed by atoms with Gasteiger partial charge in [0.1, 0.15) is 22.5 Å². The summed E-state index contributed by atoms with van der Waals surface area (Å²) in [6, 6.07) is 12.3. The molecule has 4 rings (SSSR count). The van der Waals surface area contributed by atoms with E-state index in [4.69, 9.17) is 14.1 Å². The van der Waals surface area contributed by atoms with Crippen LogP contribution in [0.5, 0.6) is 11.5 Å². The lowest BCUT2D eigenvalue weighted by Crippen LogP contribution is -2.52. The first-order valence-electron chi connectivity index (χ1n) is 10.2. The zero-order chi connectivity index (χ0) is 20.9. The van der Waals surface area contributed by atoms with Gasteiger partial charge in [0.05, 0.1) is 14.2 Å². The largest absolute Gasteiger partial charge is 0.497 e. The van der Waals surface area contributed by atoms with Crippen LogP contribution in [0.4, 0.5) is 0 Å². The minimum Gasteiger partial charge on any atom is -0.497 e. The van der Waals surface area contributed by atoms with E-state index in [2.05, 4.69) is 26.2 Å². The Morgan fingerprint density at radius 3 is 2.47 bits per heavy atom. The van der Waals surface area contributed by atoms with Gasteiger partial charge < -0.3 is 14.6 Å². The zero-order valence-electron chi connectivity index (χ0n) is 17.5. The summed E-state index contributed by atoms with van der Waals surface area (Å²) in [7, 11) is 3.33. The number of piperazine rings is 1. The first-order chi connectivity index (χ1) is 14.7. The third-order valence-corrected chi connectivity index (χ3v) is 5.67. The Labute approximate surface area is 175 Å². The van der Waals surface area contributed by atoms with Crippen molar-refractivity contribution >= 4 is 11.0 Å². The molecule has 0 spiro atoms. The summed E-state index contributed by atoms with van der Waals surface area (Å²) >= 11 is 0. The van der Waals surface area contributed by atoms with E-state index in [-0.39, 0.29) is 12.6 Å². The highest BCUT2D eigenvalue weighted by Crippen LogP contribution is 2.25. The van der Waals surface area contributed by atoms with E-state index >= 15 is 0 Å². The van der Waals surface area contributed by atoms with Gasteiger partial charge in [-0.1, -0.05) is 6.07 Å². The van der Waals surface area contributed by atoms with Crippen molar-refractivity contribution in [2.24, 2.45) is 0 Å². The molecule has 0 unspecified atom stereocenters. The number of fused-ring (bicyclic) bond motifs is 1.